The van der Waals surface area contributed by atoms with Gasteiger partial charge in [-0.3, -0.25) is 0 Å². The molecule has 1 nitrogen and oxygen atoms in total. The first kappa shape index (κ1) is 9.11. The summed E-state index contributed by atoms with van der Waals surface area (Å²) in [6.07, 6.45) is 0. The Labute approximate surface area is 82.5 Å². The molecular weight excluding hydrogens is 242 g/mol. The lowest BCUT2D eigenvalue weighted by molar-refractivity contribution is 1.48. The molecule has 0 fully saturated rings. The molecule has 0 aliphatic rings. The fraction of sp³-hybridized carbons (Fsp3) is 0.286. The smallest absolute Gasteiger partial charge is 0.0863 e. The molecule has 0 radical (unpaired) electrons. The van der Waals surface area contributed by atoms with Gasteiger partial charge in [-0.1, -0.05) is 11.8 Å². The number of nitriles is 1. The van der Waals surface area contributed by atoms with E-state index in [4.69, 9.17) is 5.26 Å². The third-order valence-corrected chi connectivity index (χ3v) is 4.32. The second-order valence-electron chi connectivity index (χ2n) is 1.97. The van der Waals surface area contributed by atoms with Gasteiger partial charge in [-0.05, 0) is 34.5 Å². The zero-order valence-electron chi connectivity index (χ0n) is 5.93. The molecule has 0 saturated carbocycles. The average molecular weight is 248 g/mol. The Morgan fingerprint density at radius 1 is 1.82 bits per heavy atom. The topological polar surface area (TPSA) is 23.8 Å². The van der Waals surface area contributed by atoms with E-state index in [9.17, 15) is 0 Å². The molecule has 0 amide bonds. The first-order valence-electron chi connectivity index (χ1n) is 2.99. The summed E-state index contributed by atoms with van der Waals surface area (Å²) in [6.45, 7) is 2.05. The van der Waals surface area contributed by atoms with Crippen molar-refractivity contribution < 1.29 is 0 Å². The Hall–Kier alpha value is 0.0200. The predicted molar refractivity (Wildman–Crippen MR) is 53.1 cm³/mol. The molecule has 0 bridgehead atoms. The van der Waals surface area contributed by atoms with Crippen molar-refractivity contribution in [2.45, 2.75) is 11.1 Å². The molecule has 1 aromatic heterocycles. The molecule has 1 rings (SSSR count). The fourth-order valence-corrected chi connectivity index (χ4v) is 3.33. The number of rotatable bonds is 2. The first-order chi connectivity index (χ1) is 5.24. The van der Waals surface area contributed by atoms with Crippen LogP contribution in [0.5, 0.6) is 0 Å². The van der Waals surface area contributed by atoms with Crippen LogP contribution in [-0.2, 0) is 0 Å². The van der Waals surface area contributed by atoms with Gasteiger partial charge in [-0.2, -0.15) is 5.26 Å². The van der Waals surface area contributed by atoms with Gasteiger partial charge >= 0.3 is 0 Å². The van der Waals surface area contributed by atoms with E-state index in [2.05, 4.69) is 35.0 Å². The normalized spacial score (nSPS) is 9.55. The fourth-order valence-electron chi connectivity index (χ4n) is 0.606. The number of halogens is 1. The van der Waals surface area contributed by atoms with E-state index in [1.807, 2.05) is 0 Å². The lowest BCUT2D eigenvalue weighted by Gasteiger charge is -1.85. The van der Waals surface area contributed by atoms with Crippen molar-refractivity contribution in [3.63, 3.8) is 0 Å². The Kier molecular flexibility index (Phi) is 3.44. The van der Waals surface area contributed by atoms with Gasteiger partial charge in [0.15, 0.2) is 0 Å². The van der Waals surface area contributed by atoms with Crippen molar-refractivity contribution in [1.29, 1.82) is 5.26 Å². The second-order valence-corrected chi connectivity index (χ2v) is 5.61. The largest absolute Gasteiger partial charge is 0.197 e. The molecule has 0 aliphatic carbocycles. The van der Waals surface area contributed by atoms with Gasteiger partial charge < -0.3 is 0 Å². The zero-order chi connectivity index (χ0) is 8.27. The third-order valence-electron chi connectivity index (χ3n) is 1.11. The number of hydrogen-bond donors (Lipinski definition) is 0. The summed E-state index contributed by atoms with van der Waals surface area (Å²) >= 11 is 6.70. The van der Waals surface area contributed by atoms with Crippen LogP contribution in [-0.4, -0.2) is 5.75 Å². The van der Waals surface area contributed by atoms with Crippen LogP contribution >= 0.6 is 39.0 Å². The highest BCUT2D eigenvalue weighted by Gasteiger charge is 2.01. The van der Waals surface area contributed by atoms with E-state index >= 15 is 0 Å². The number of aryl methyl sites for hydroxylation is 1. The van der Waals surface area contributed by atoms with Crippen LogP contribution in [0.25, 0.3) is 0 Å². The quantitative estimate of drug-likeness (QED) is 0.748. The number of thioether (sulfide) groups is 1. The minimum Gasteiger partial charge on any atom is -0.197 e. The van der Waals surface area contributed by atoms with Crippen LogP contribution < -0.4 is 0 Å². The summed E-state index contributed by atoms with van der Waals surface area (Å²) in [5, 5.41) is 8.33. The molecule has 0 saturated heterocycles. The Balaban J connectivity index is 2.67. The summed E-state index contributed by atoms with van der Waals surface area (Å²) in [4.78, 5) is 0. The van der Waals surface area contributed by atoms with Crippen molar-refractivity contribution in [2.24, 2.45) is 0 Å². The van der Waals surface area contributed by atoms with Crippen LogP contribution in [0.4, 0.5) is 0 Å². The van der Waals surface area contributed by atoms with Crippen molar-refractivity contribution in [1.82, 2.24) is 0 Å². The molecule has 0 spiro atoms. The van der Waals surface area contributed by atoms with E-state index in [1.54, 1.807) is 23.1 Å². The van der Waals surface area contributed by atoms with Gasteiger partial charge in [-0.25, -0.2) is 0 Å². The van der Waals surface area contributed by atoms with Crippen molar-refractivity contribution in [2.75, 3.05) is 5.75 Å². The van der Waals surface area contributed by atoms with Gasteiger partial charge in [0.25, 0.3) is 0 Å². The predicted octanol–water partition coefficient (Wildman–Crippen LogP) is 3.43. The van der Waals surface area contributed by atoms with Gasteiger partial charge in [0.05, 0.1) is 19.8 Å². The van der Waals surface area contributed by atoms with E-state index < -0.39 is 0 Å². The van der Waals surface area contributed by atoms with Crippen LogP contribution in [0.3, 0.4) is 0 Å². The molecule has 11 heavy (non-hydrogen) atoms. The van der Waals surface area contributed by atoms with Gasteiger partial charge in [-0.15, -0.1) is 11.3 Å². The number of thiophene rings is 1. The van der Waals surface area contributed by atoms with Crippen LogP contribution in [0.15, 0.2) is 14.1 Å². The van der Waals surface area contributed by atoms with Gasteiger partial charge in [0.1, 0.15) is 0 Å². The monoisotopic (exact) mass is 247 g/mol. The third kappa shape index (κ3) is 2.51. The first-order valence-corrected chi connectivity index (χ1v) is 5.59. The zero-order valence-corrected chi connectivity index (χ0v) is 9.15. The highest BCUT2D eigenvalue weighted by atomic mass is 79.9. The Morgan fingerprint density at radius 2 is 2.55 bits per heavy atom. The van der Waals surface area contributed by atoms with Crippen LogP contribution in [0, 0.1) is 18.3 Å². The maximum Gasteiger partial charge on any atom is 0.0863 e. The second kappa shape index (κ2) is 4.15. The summed E-state index contributed by atoms with van der Waals surface area (Å²) in [5.41, 5.74) is 1.25. The van der Waals surface area contributed by atoms with Crippen LogP contribution in [0.1, 0.15) is 5.56 Å². The maximum atomic E-state index is 8.33. The van der Waals surface area contributed by atoms with Gasteiger partial charge in [0.2, 0.25) is 0 Å². The Morgan fingerprint density at radius 3 is 3.00 bits per heavy atom. The summed E-state index contributed by atoms with van der Waals surface area (Å²) in [6, 6.07) is 4.19. The van der Waals surface area contributed by atoms with Crippen molar-refractivity contribution in [3.05, 3.63) is 15.4 Å². The molecule has 0 atom stereocenters. The summed E-state index contributed by atoms with van der Waals surface area (Å²) in [7, 11) is 0. The van der Waals surface area contributed by atoms with Crippen molar-refractivity contribution in [3.8, 4) is 6.07 Å². The molecule has 0 N–H and O–H groups in total. The molecule has 0 aromatic carbocycles. The standard InChI is InChI=1S/C7H6BrNS2/c1-5-4-6(10-3-2-9)11-7(5)8/h4H,3H2,1H3. The molecule has 0 aliphatic heterocycles. The highest BCUT2D eigenvalue weighted by Crippen LogP contribution is 2.33. The molecule has 1 aromatic rings. The highest BCUT2D eigenvalue weighted by molar-refractivity contribution is 9.11. The van der Waals surface area contributed by atoms with E-state index in [0.717, 1.165) is 3.79 Å². The lowest BCUT2D eigenvalue weighted by Crippen LogP contribution is -1.65. The Bertz CT molecular complexity index is 268. The van der Waals surface area contributed by atoms with E-state index in [1.165, 1.54) is 9.77 Å². The van der Waals surface area contributed by atoms with Crippen LogP contribution in [0.2, 0.25) is 0 Å². The summed E-state index contributed by atoms with van der Waals surface area (Å²) < 4.78 is 2.37. The lowest BCUT2D eigenvalue weighted by atomic mass is 10.4. The average Bonchev–Trinajstić information content (AvgIpc) is 2.28. The SMILES string of the molecule is Cc1cc(SCC#N)sc1Br. The molecule has 4 heteroatoms. The number of nitrogens with zero attached hydrogens (tertiary/aromatic N) is 1. The molecule has 1 heterocycles. The minimum atomic E-state index is 0.534. The molecule has 58 valence electrons. The van der Waals surface area contributed by atoms with E-state index in [0.29, 0.717) is 5.75 Å². The van der Waals surface area contributed by atoms with Gasteiger partial charge in [0, 0.05) is 0 Å². The maximum absolute atomic E-state index is 8.33. The van der Waals surface area contributed by atoms with Crippen molar-refractivity contribution >= 4 is 39.0 Å². The molecule has 0 unspecified atom stereocenters. The molecular formula is C7H6BrNS2. The summed E-state index contributed by atoms with van der Waals surface area (Å²) in [5.74, 6) is 0.534. The van der Waals surface area contributed by atoms with E-state index in [-0.39, 0.29) is 0 Å². The number of hydrogen-bond acceptors (Lipinski definition) is 3. The minimum absolute atomic E-state index is 0.534.